The molecule has 2 nitrogen and oxygen atoms in total. The number of benzene rings is 1. The van der Waals surface area contributed by atoms with E-state index in [0.29, 0.717) is 0 Å². The molecule has 0 aliphatic carbocycles. The summed E-state index contributed by atoms with van der Waals surface area (Å²) in [6.07, 6.45) is 2.14. The van der Waals surface area contributed by atoms with Crippen LogP contribution in [-0.2, 0) is 5.41 Å². The molecule has 144 valence electrons. The first-order valence-electron chi connectivity index (χ1n) is 9.57. The highest BCUT2D eigenvalue weighted by molar-refractivity contribution is 7.10. The van der Waals surface area contributed by atoms with Gasteiger partial charge in [0.15, 0.2) is 0 Å². The Morgan fingerprint density at radius 3 is 2.15 bits per heavy atom. The summed E-state index contributed by atoms with van der Waals surface area (Å²) in [6.45, 7) is 14.8. The number of hydrogen-bond acceptors (Lipinski definition) is 3. The zero-order valence-electron chi connectivity index (χ0n) is 17.3. The van der Waals surface area contributed by atoms with Crippen LogP contribution in [0.25, 0.3) is 0 Å². The molecule has 0 amide bonds. The van der Waals surface area contributed by atoms with Crippen molar-refractivity contribution in [1.82, 2.24) is 0 Å². The van der Waals surface area contributed by atoms with Crippen LogP contribution in [-0.4, -0.2) is 17.3 Å². The molecule has 0 aliphatic heterocycles. The van der Waals surface area contributed by atoms with E-state index in [1.807, 2.05) is 39.0 Å². The molecule has 1 aromatic carbocycles. The Bertz CT molecular complexity index is 704. The van der Waals surface area contributed by atoms with E-state index in [0.717, 1.165) is 24.2 Å². The van der Waals surface area contributed by atoms with Crippen molar-refractivity contribution in [3.63, 3.8) is 0 Å². The number of rotatable bonds is 7. The lowest BCUT2D eigenvalue weighted by atomic mass is 9.74. The van der Waals surface area contributed by atoms with Gasteiger partial charge in [-0.3, -0.25) is 0 Å². The van der Waals surface area contributed by atoms with E-state index < -0.39 is 5.60 Å². The van der Waals surface area contributed by atoms with Crippen LogP contribution in [0.3, 0.4) is 0 Å². The predicted molar refractivity (Wildman–Crippen MR) is 112 cm³/mol. The minimum absolute atomic E-state index is 0.0638. The van der Waals surface area contributed by atoms with Gasteiger partial charge in [-0.05, 0) is 60.7 Å². The minimum Gasteiger partial charge on any atom is -0.490 e. The van der Waals surface area contributed by atoms with E-state index in [-0.39, 0.29) is 17.4 Å². The van der Waals surface area contributed by atoms with Gasteiger partial charge in [-0.1, -0.05) is 52.8 Å². The largest absolute Gasteiger partial charge is 0.490 e. The highest BCUT2D eigenvalue weighted by Gasteiger charge is 2.36. The van der Waals surface area contributed by atoms with Gasteiger partial charge in [-0.25, -0.2) is 0 Å². The molecule has 0 aliphatic rings. The van der Waals surface area contributed by atoms with Crippen molar-refractivity contribution in [2.24, 2.45) is 5.41 Å². The molecule has 1 heterocycles. The third kappa shape index (κ3) is 3.99. The van der Waals surface area contributed by atoms with Gasteiger partial charge in [0.25, 0.3) is 0 Å². The highest BCUT2D eigenvalue weighted by atomic mass is 32.1. The molecule has 0 saturated carbocycles. The Balaban J connectivity index is 2.29. The molecule has 26 heavy (non-hydrogen) atoms. The first-order chi connectivity index (χ1) is 12.1. The second-order valence-corrected chi connectivity index (χ2v) is 9.51. The first-order valence-corrected chi connectivity index (χ1v) is 10.5. The maximum atomic E-state index is 10.7. The van der Waals surface area contributed by atoms with Gasteiger partial charge in [0.05, 0.1) is 0 Å². The SMILES string of the molecule is CCC(CC)(c1ccc(OCC(C)(O)C(C)(C)C)c(C)c1)c1cccs1. The van der Waals surface area contributed by atoms with Crippen LogP contribution in [0.4, 0.5) is 0 Å². The average molecular weight is 375 g/mol. The van der Waals surface area contributed by atoms with Crippen molar-refractivity contribution in [1.29, 1.82) is 0 Å². The van der Waals surface area contributed by atoms with Crippen LogP contribution in [0, 0.1) is 12.3 Å². The molecule has 3 heteroatoms. The van der Waals surface area contributed by atoms with E-state index >= 15 is 0 Å². The van der Waals surface area contributed by atoms with Crippen molar-refractivity contribution >= 4 is 11.3 Å². The van der Waals surface area contributed by atoms with Gasteiger partial charge >= 0.3 is 0 Å². The monoisotopic (exact) mass is 374 g/mol. The third-order valence-electron chi connectivity index (χ3n) is 6.05. The maximum Gasteiger partial charge on any atom is 0.122 e. The molecule has 0 fully saturated rings. The second kappa shape index (κ2) is 7.74. The summed E-state index contributed by atoms with van der Waals surface area (Å²) in [4.78, 5) is 1.42. The maximum absolute atomic E-state index is 10.7. The lowest BCUT2D eigenvalue weighted by molar-refractivity contribution is -0.0725. The van der Waals surface area contributed by atoms with Crippen LogP contribution >= 0.6 is 11.3 Å². The fraction of sp³-hybridized carbons (Fsp3) is 0.565. The Hall–Kier alpha value is -1.32. The molecule has 1 N–H and O–H groups in total. The normalized spacial score (nSPS) is 14.9. The summed E-state index contributed by atoms with van der Waals surface area (Å²) >= 11 is 1.84. The third-order valence-corrected chi connectivity index (χ3v) is 7.13. The van der Waals surface area contributed by atoms with Crippen LogP contribution in [0.5, 0.6) is 5.75 Å². The lowest BCUT2D eigenvalue weighted by Crippen LogP contribution is -2.45. The Morgan fingerprint density at radius 2 is 1.69 bits per heavy atom. The van der Waals surface area contributed by atoms with Crippen molar-refractivity contribution in [3.05, 3.63) is 51.7 Å². The molecule has 0 bridgehead atoms. The average Bonchev–Trinajstić information content (AvgIpc) is 3.09. The van der Waals surface area contributed by atoms with Crippen LogP contribution in [0.1, 0.15) is 70.4 Å². The summed E-state index contributed by atoms with van der Waals surface area (Å²) in [5.74, 6) is 0.852. The molecule has 0 radical (unpaired) electrons. The molecule has 1 unspecified atom stereocenters. The van der Waals surface area contributed by atoms with E-state index in [4.69, 9.17) is 4.74 Å². The topological polar surface area (TPSA) is 29.5 Å². The number of thiophene rings is 1. The second-order valence-electron chi connectivity index (χ2n) is 8.56. The Morgan fingerprint density at radius 1 is 1.04 bits per heavy atom. The molecule has 1 atom stereocenters. The summed E-state index contributed by atoms with van der Waals surface area (Å²) in [7, 11) is 0. The van der Waals surface area contributed by atoms with E-state index in [1.165, 1.54) is 10.4 Å². The first kappa shape index (κ1) is 21.0. The zero-order valence-corrected chi connectivity index (χ0v) is 18.2. The van der Waals surface area contributed by atoms with E-state index in [9.17, 15) is 5.11 Å². The molecule has 2 rings (SSSR count). The van der Waals surface area contributed by atoms with Gasteiger partial charge < -0.3 is 9.84 Å². The zero-order chi connectivity index (χ0) is 19.6. The number of hydrogen-bond donors (Lipinski definition) is 1. The van der Waals surface area contributed by atoms with Crippen LogP contribution < -0.4 is 4.74 Å². The van der Waals surface area contributed by atoms with Gasteiger partial charge in [0, 0.05) is 10.3 Å². The fourth-order valence-corrected chi connectivity index (χ4v) is 4.34. The van der Waals surface area contributed by atoms with Crippen LogP contribution in [0.15, 0.2) is 35.7 Å². The predicted octanol–water partition coefficient (Wildman–Crippen LogP) is 6.34. The standard InChI is InChI=1S/C23H34O2S/c1-8-23(9-2,20-11-10-14-26-20)18-12-13-19(17(3)15-18)25-16-22(7,24)21(4,5)6/h10-15,24H,8-9,16H2,1-7H3. The lowest BCUT2D eigenvalue weighted by Gasteiger charge is -2.37. The van der Waals surface area contributed by atoms with E-state index in [1.54, 1.807) is 0 Å². The van der Waals surface area contributed by atoms with Crippen molar-refractivity contribution in [3.8, 4) is 5.75 Å². The Labute approximate surface area is 163 Å². The molecular formula is C23H34O2S. The quantitative estimate of drug-likeness (QED) is 0.613. The van der Waals surface area contributed by atoms with Crippen molar-refractivity contribution in [2.45, 2.75) is 72.3 Å². The molecule has 0 spiro atoms. The summed E-state index contributed by atoms with van der Waals surface area (Å²) in [5, 5.41) is 12.8. The Kier molecular flexibility index (Phi) is 6.24. The smallest absolute Gasteiger partial charge is 0.122 e. The van der Waals surface area contributed by atoms with Gasteiger partial charge in [-0.15, -0.1) is 11.3 Å². The number of ether oxygens (including phenoxy) is 1. The number of aryl methyl sites for hydroxylation is 1. The number of aliphatic hydroxyl groups is 1. The summed E-state index contributed by atoms with van der Waals surface area (Å²) < 4.78 is 6.01. The van der Waals surface area contributed by atoms with Gasteiger partial charge in [0.1, 0.15) is 18.0 Å². The van der Waals surface area contributed by atoms with Gasteiger partial charge in [-0.2, -0.15) is 0 Å². The molecule has 0 saturated heterocycles. The van der Waals surface area contributed by atoms with E-state index in [2.05, 4.69) is 56.5 Å². The molecule has 1 aromatic heterocycles. The minimum atomic E-state index is -0.883. The molecular weight excluding hydrogens is 340 g/mol. The summed E-state index contributed by atoms with van der Waals surface area (Å²) in [5.41, 5.74) is 1.41. The molecule has 2 aromatic rings. The van der Waals surface area contributed by atoms with Crippen LogP contribution in [0.2, 0.25) is 0 Å². The highest BCUT2D eigenvalue weighted by Crippen LogP contribution is 2.42. The summed E-state index contributed by atoms with van der Waals surface area (Å²) in [6, 6.07) is 10.9. The van der Waals surface area contributed by atoms with Crippen molar-refractivity contribution < 1.29 is 9.84 Å². The van der Waals surface area contributed by atoms with Crippen molar-refractivity contribution in [2.75, 3.05) is 6.61 Å². The van der Waals surface area contributed by atoms with Gasteiger partial charge in [0.2, 0.25) is 0 Å². The fourth-order valence-electron chi connectivity index (χ4n) is 3.24.